The third-order valence-corrected chi connectivity index (χ3v) is 8.02. The van der Waals surface area contributed by atoms with Crippen LogP contribution in [0.2, 0.25) is 0 Å². The maximum atomic E-state index is 13.3. The summed E-state index contributed by atoms with van der Waals surface area (Å²) in [5, 5.41) is 0. The van der Waals surface area contributed by atoms with Gasteiger partial charge in [-0.3, -0.25) is 9.59 Å². The molecule has 0 radical (unpaired) electrons. The Morgan fingerprint density at radius 3 is 1.82 bits per heavy atom. The quantitative estimate of drug-likeness (QED) is 0.178. The monoisotopic (exact) mass is 546 g/mol. The molecule has 0 aromatic heterocycles. The second kappa shape index (κ2) is 13.3. The molecule has 39 heavy (non-hydrogen) atoms. The van der Waals surface area contributed by atoms with E-state index in [0.29, 0.717) is 12.8 Å². The number of alkyl halides is 3. The molecule has 0 aliphatic carbocycles. The minimum absolute atomic E-state index is 0.0458. The Labute approximate surface area is 230 Å². The zero-order valence-electron chi connectivity index (χ0n) is 23.6. The zero-order valence-corrected chi connectivity index (χ0v) is 23.6. The van der Waals surface area contributed by atoms with E-state index in [1.54, 1.807) is 6.92 Å². The number of ether oxygens (including phenoxy) is 2. The van der Waals surface area contributed by atoms with E-state index in [4.69, 9.17) is 4.74 Å². The summed E-state index contributed by atoms with van der Waals surface area (Å²) in [7, 11) is 1.28. The number of carbonyl (C=O) groups is 2. The summed E-state index contributed by atoms with van der Waals surface area (Å²) in [6.07, 6.45) is -1.46. The Bertz CT molecular complexity index is 1040. The van der Waals surface area contributed by atoms with Crippen molar-refractivity contribution in [3.63, 3.8) is 0 Å². The van der Waals surface area contributed by atoms with Gasteiger partial charge in [0.15, 0.2) is 6.61 Å². The second-order valence-electron chi connectivity index (χ2n) is 11.0. The van der Waals surface area contributed by atoms with Crippen LogP contribution in [0.1, 0.15) is 70.9 Å². The molecule has 0 aliphatic heterocycles. The number of hydrogen-bond donors (Lipinski definition) is 0. The van der Waals surface area contributed by atoms with Gasteiger partial charge in [-0.05, 0) is 56.6 Å². The van der Waals surface area contributed by atoms with Crippen molar-refractivity contribution in [3.8, 4) is 0 Å². The molecule has 0 heterocycles. The van der Waals surface area contributed by atoms with Crippen molar-refractivity contribution in [1.82, 2.24) is 0 Å². The average Bonchev–Trinajstić information content (AvgIpc) is 2.92. The van der Waals surface area contributed by atoms with E-state index in [-0.39, 0.29) is 18.8 Å². The van der Waals surface area contributed by atoms with Crippen LogP contribution in [-0.4, -0.2) is 31.8 Å². The van der Waals surface area contributed by atoms with Gasteiger partial charge in [0, 0.05) is 5.41 Å². The minimum atomic E-state index is -4.66. The van der Waals surface area contributed by atoms with Crippen LogP contribution in [0.25, 0.3) is 0 Å². The van der Waals surface area contributed by atoms with E-state index in [0.717, 1.165) is 17.5 Å². The Hall–Kier alpha value is -3.09. The highest BCUT2D eigenvalue weighted by atomic mass is 19.4. The van der Waals surface area contributed by atoms with E-state index >= 15 is 0 Å². The normalized spacial score (nSPS) is 15.9. The van der Waals surface area contributed by atoms with Crippen LogP contribution < -0.4 is 0 Å². The van der Waals surface area contributed by atoms with E-state index in [1.807, 2.05) is 36.4 Å². The molecular formula is C32H41F3O4. The Morgan fingerprint density at radius 1 is 0.897 bits per heavy atom. The van der Waals surface area contributed by atoms with Crippen LogP contribution in [0.4, 0.5) is 13.2 Å². The molecular weight excluding hydrogens is 505 g/mol. The summed E-state index contributed by atoms with van der Waals surface area (Å²) in [5.41, 5.74) is -0.842. The summed E-state index contributed by atoms with van der Waals surface area (Å²) >= 11 is 0. The predicted molar refractivity (Wildman–Crippen MR) is 147 cm³/mol. The van der Waals surface area contributed by atoms with E-state index < -0.39 is 41.0 Å². The molecule has 0 fully saturated rings. The van der Waals surface area contributed by atoms with Crippen LogP contribution in [-0.2, 0) is 24.5 Å². The standard InChI is InChI=1S/C32H41F3O4/c1-7-19-29(4,28(37)39-23-32(33,34)35)22-30(5,27(36)38-6)20-21-31(24(3)8-2,25-15-11-9-12-16-25)26-17-13-10-14-18-26/h7,9-18,24H,1,8,19-23H2,2-6H3. The average molecular weight is 547 g/mol. The third kappa shape index (κ3) is 7.74. The molecule has 214 valence electrons. The summed E-state index contributed by atoms with van der Waals surface area (Å²) < 4.78 is 48.3. The molecule has 2 aromatic carbocycles. The van der Waals surface area contributed by atoms with Gasteiger partial charge in [0.25, 0.3) is 0 Å². The molecule has 3 atom stereocenters. The fraction of sp³-hybridized carbons (Fsp3) is 0.500. The second-order valence-corrected chi connectivity index (χ2v) is 11.0. The van der Waals surface area contributed by atoms with Crippen molar-refractivity contribution in [2.75, 3.05) is 13.7 Å². The maximum absolute atomic E-state index is 13.3. The smallest absolute Gasteiger partial charge is 0.422 e. The molecule has 2 aromatic rings. The fourth-order valence-electron chi connectivity index (χ4n) is 5.80. The van der Waals surface area contributed by atoms with Crippen LogP contribution in [0.3, 0.4) is 0 Å². The van der Waals surface area contributed by atoms with Gasteiger partial charge >= 0.3 is 18.1 Å². The SMILES string of the molecule is C=CCC(C)(CC(C)(CCC(c1ccccc1)(c1ccccc1)C(C)CC)C(=O)OC)C(=O)OCC(F)(F)F. The predicted octanol–water partition coefficient (Wildman–Crippen LogP) is 8.06. The van der Waals surface area contributed by atoms with Gasteiger partial charge in [-0.2, -0.15) is 13.2 Å². The number of halogens is 3. The lowest BCUT2D eigenvalue weighted by molar-refractivity contribution is -0.194. The van der Waals surface area contributed by atoms with Crippen molar-refractivity contribution < 1.29 is 32.2 Å². The summed E-state index contributed by atoms with van der Waals surface area (Å²) in [5.74, 6) is -1.37. The summed E-state index contributed by atoms with van der Waals surface area (Å²) in [6, 6.07) is 20.2. The molecule has 7 heteroatoms. The highest BCUT2D eigenvalue weighted by Gasteiger charge is 2.49. The molecule has 0 saturated carbocycles. The van der Waals surface area contributed by atoms with Crippen molar-refractivity contribution in [1.29, 1.82) is 0 Å². The van der Waals surface area contributed by atoms with Gasteiger partial charge < -0.3 is 9.47 Å². The number of hydrogen-bond acceptors (Lipinski definition) is 4. The molecule has 0 saturated heterocycles. The lowest BCUT2D eigenvalue weighted by atomic mass is 9.60. The maximum Gasteiger partial charge on any atom is 0.422 e. The van der Waals surface area contributed by atoms with Gasteiger partial charge in [0.1, 0.15) is 0 Å². The molecule has 3 unspecified atom stereocenters. The van der Waals surface area contributed by atoms with Gasteiger partial charge in [-0.15, -0.1) is 6.58 Å². The number of carbonyl (C=O) groups excluding carboxylic acids is 2. The van der Waals surface area contributed by atoms with E-state index in [1.165, 1.54) is 20.1 Å². The number of benzene rings is 2. The molecule has 0 aliphatic rings. The Morgan fingerprint density at radius 2 is 1.41 bits per heavy atom. The first-order valence-electron chi connectivity index (χ1n) is 13.3. The van der Waals surface area contributed by atoms with Crippen LogP contribution >= 0.6 is 0 Å². The van der Waals surface area contributed by atoms with E-state index in [2.05, 4.69) is 49.4 Å². The van der Waals surface area contributed by atoms with Crippen LogP contribution in [0, 0.1) is 16.7 Å². The molecule has 0 spiro atoms. The molecule has 0 bridgehead atoms. The first kappa shape index (κ1) is 32.1. The van der Waals surface area contributed by atoms with Crippen LogP contribution in [0.5, 0.6) is 0 Å². The third-order valence-electron chi connectivity index (χ3n) is 8.02. The Balaban J connectivity index is 2.57. The van der Waals surface area contributed by atoms with Gasteiger partial charge in [0.2, 0.25) is 0 Å². The van der Waals surface area contributed by atoms with Gasteiger partial charge in [0.05, 0.1) is 17.9 Å². The minimum Gasteiger partial charge on any atom is -0.469 e. The van der Waals surface area contributed by atoms with Crippen molar-refractivity contribution in [3.05, 3.63) is 84.4 Å². The number of methoxy groups -OCH3 is 1. The first-order chi connectivity index (χ1) is 18.3. The van der Waals surface area contributed by atoms with Crippen LogP contribution in [0.15, 0.2) is 73.3 Å². The number of rotatable bonds is 14. The molecule has 0 amide bonds. The zero-order chi connectivity index (χ0) is 29.3. The lowest BCUT2D eigenvalue weighted by Gasteiger charge is -2.43. The summed E-state index contributed by atoms with van der Waals surface area (Å²) in [6.45, 7) is 9.55. The lowest BCUT2D eigenvalue weighted by Crippen LogP contribution is -2.43. The topological polar surface area (TPSA) is 52.6 Å². The van der Waals surface area contributed by atoms with Gasteiger partial charge in [-0.25, -0.2) is 0 Å². The highest BCUT2D eigenvalue weighted by molar-refractivity contribution is 5.80. The Kier molecular flexibility index (Phi) is 11.0. The van der Waals surface area contributed by atoms with Gasteiger partial charge in [-0.1, -0.05) is 87.0 Å². The van der Waals surface area contributed by atoms with Crippen molar-refractivity contribution in [2.45, 2.75) is 71.4 Å². The number of allylic oxidation sites excluding steroid dienone is 1. The molecule has 0 N–H and O–H groups in total. The number of esters is 2. The summed E-state index contributed by atoms with van der Waals surface area (Å²) in [4.78, 5) is 26.3. The molecule has 4 nitrogen and oxygen atoms in total. The molecule has 2 rings (SSSR count). The van der Waals surface area contributed by atoms with E-state index in [9.17, 15) is 22.8 Å². The van der Waals surface area contributed by atoms with Crippen molar-refractivity contribution in [2.24, 2.45) is 16.7 Å². The first-order valence-corrected chi connectivity index (χ1v) is 13.3. The van der Waals surface area contributed by atoms with Crippen molar-refractivity contribution >= 4 is 11.9 Å². The highest BCUT2D eigenvalue weighted by Crippen LogP contribution is 2.49. The fourth-order valence-corrected chi connectivity index (χ4v) is 5.80. The largest absolute Gasteiger partial charge is 0.469 e.